The van der Waals surface area contributed by atoms with Gasteiger partial charge in [-0.3, -0.25) is 4.79 Å². The molecular formula is C25H30N2O2. The molecule has 4 heteroatoms. The monoisotopic (exact) mass is 390 g/mol. The van der Waals surface area contributed by atoms with Gasteiger partial charge in [-0.1, -0.05) is 37.6 Å². The van der Waals surface area contributed by atoms with Crippen molar-refractivity contribution < 1.29 is 9.53 Å². The van der Waals surface area contributed by atoms with Crippen LogP contribution in [0.3, 0.4) is 0 Å². The molecule has 0 unspecified atom stereocenters. The number of benzene rings is 2. The summed E-state index contributed by atoms with van der Waals surface area (Å²) in [4.78, 5) is 15.1. The van der Waals surface area contributed by atoms with E-state index in [9.17, 15) is 4.79 Å². The van der Waals surface area contributed by atoms with Crippen LogP contribution in [0.5, 0.6) is 5.75 Å². The van der Waals surface area contributed by atoms with Crippen LogP contribution in [-0.4, -0.2) is 29.0 Å². The summed E-state index contributed by atoms with van der Waals surface area (Å²) in [5.74, 6) is 0.818. The predicted molar refractivity (Wildman–Crippen MR) is 117 cm³/mol. The van der Waals surface area contributed by atoms with Gasteiger partial charge in [0.1, 0.15) is 5.75 Å². The summed E-state index contributed by atoms with van der Waals surface area (Å²) in [6.45, 7) is 6.45. The zero-order valence-corrected chi connectivity index (χ0v) is 17.6. The van der Waals surface area contributed by atoms with E-state index in [0.717, 1.165) is 37.4 Å². The number of carbonyl (C=O) groups excluding carboxylic acids is 1. The fraction of sp³-hybridized carbons (Fsp3) is 0.320. The Hall–Kier alpha value is -3.01. The van der Waals surface area contributed by atoms with Crippen LogP contribution in [0.2, 0.25) is 0 Å². The van der Waals surface area contributed by atoms with Gasteiger partial charge in [-0.25, -0.2) is 0 Å². The van der Waals surface area contributed by atoms with Gasteiger partial charge in [0.15, 0.2) is 0 Å². The van der Waals surface area contributed by atoms with Gasteiger partial charge in [-0.2, -0.15) is 0 Å². The third kappa shape index (κ3) is 5.29. The number of methoxy groups -OCH3 is 1. The van der Waals surface area contributed by atoms with Crippen molar-refractivity contribution in [2.75, 3.05) is 13.7 Å². The van der Waals surface area contributed by atoms with E-state index in [1.54, 1.807) is 7.11 Å². The molecule has 0 saturated carbocycles. The van der Waals surface area contributed by atoms with Crippen molar-refractivity contribution in [1.82, 2.24) is 9.47 Å². The molecule has 0 atom stereocenters. The van der Waals surface area contributed by atoms with E-state index < -0.39 is 0 Å². The molecule has 1 heterocycles. The standard InChI is InChI=1S/C25H30N2O2/c1-4-5-16-27(25(28)21-12-14-24(29-3)15-13-21)19-23-11-8-17-26(23)18-22-10-7-6-9-20(22)2/h6-15,17H,4-5,16,18-19H2,1-3H3. The van der Waals surface area contributed by atoms with E-state index in [4.69, 9.17) is 4.74 Å². The van der Waals surface area contributed by atoms with Crippen LogP contribution in [0.1, 0.15) is 46.9 Å². The topological polar surface area (TPSA) is 34.5 Å². The molecule has 3 rings (SSSR count). The molecule has 3 aromatic rings. The molecule has 0 N–H and O–H groups in total. The molecule has 0 saturated heterocycles. The first kappa shape index (κ1) is 20.7. The Morgan fingerprint density at radius 3 is 2.48 bits per heavy atom. The van der Waals surface area contributed by atoms with Gasteiger partial charge in [-0.15, -0.1) is 0 Å². The molecule has 0 aliphatic carbocycles. The summed E-state index contributed by atoms with van der Waals surface area (Å²) in [6.07, 6.45) is 4.13. The molecule has 1 amide bonds. The van der Waals surface area contributed by atoms with Crippen LogP contribution in [0, 0.1) is 6.92 Å². The van der Waals surface area contributed by atoms with E-state index in [-0.39, 0.29) is 5.91 Å². The van der Waals surface area contributed by atoms with Crippen LogP contribution in [0.4, 0.5) is 0 Å². The maximum atomic E-state index is 13.2. The number of unbranched alkanes of at least 4 members (excludes halogenated alkanes) is 1. The number of carbonyl (C=O) groups is 1. The predicted octanol–water partition coefficient (Wildman–Crippen LogP) is 5.30. The largest absolute Gasteiger partial charge is 0.497 e. The lowest BCUT2D eigenvalue weighted by molar-refractivity contribution is 0.0737. The molecule has 0 bridgehead atoms. The SMILES string of the molecule is CCCCN(Cc1cccn1Cc1ccccc1C)C(=O)c1ccc(OC)cc1. The quantitative estimate of drug-likeness (QED) is 0.497. The van der Waals surface area contributed by atoms with Crippen molar-refractivity contribution in [3.8, 4) is 5.75 Å². The number of ether oxygens (including phenoxy) is 1. The Balaban J connectivity index is 1.79. The number of amides is 1. The second kappa shape index (κ2) is 9.97. The molecule has 2 aromatic carbocycles. The maximum absolute atomic E-state index is 13.2. The number of nitrogens with zero attached hydrogens (tertiary/aromatic N) is 2. The Kier molecular flexibility index (Phi) is 7.12. The van der Waals surface area contributed by atoms with Gasteiger partial charge in [-0.05, 0) is 60.9 Å². The summed E-state index contributed by atoms with van der Waals surface area (Å²) >= 11 is 0. The van der Waals surface area contributed by atoms with Gasteiger partial charge < -0.3 is 14.2 Å². The molecule has 1 aromatic heterocycles. The highest BCUT2D eigenvalue weighted by molar-refractivity contribution is 5.94. The van der Waals surface area contributed by atoms with Crippen LogP contribution in [0.15, 0.2) is 66.9 Å². The molecule has 0 aliphatic heterocycles. The van der Waals surface area contributed by atoms with E-state index in [1.807, 2.05) is 29.2 Å². The minimum atomic E-state index is 0.0599. The van der Waals surface area contributed by atoms with Gasteiger partial charge >= 0.3 is 0 Å². The molecule has 0 radical (unpaired) electrons. The lowest BCUT2D eigenvalue weighted by Gasteiger charge is -2.24. The van der Waals surface area contributed by atoms with Gasteiger partial charge in [0, 0.05) is 30.5 Å². The molecular weight excluding hydrogens is 360 g/mol. The minimum Gasteiger partial charge on any atom is -0.497 e. The highest BCUT2D eigenvalue weighted by atomic mass is 16.5. The smallest absolute Gasteiger partial charge is 0.254 e. The van der Waals surface area contributed by atoms with Crippen molar-refractivity contribution in [3.63, 3.8) is 0 Å². The summed E-state index contributed by atoms with van der Waals surface area (Å²) in [5, 5.41) is 0. The second-order valence-corrected chi connectivity index (χ2v) is 7.36. The Morgan fingerprint density at radius 2 is 1.79 bits per heavy atom. The van der Waals surface area contributed by atoms with Crippen molar-refractivity contribution >= 4 is 5.91 Å². The van der Waals surface area contributed by atoms with Gasteiger partial charge in [0.05, 0.1) is 13.7 Å². The molecule has 0 aliphatic rings. The molecule has 29 heavy (non-hydrogen) atoms. The van der Waals surface area contributed by atoms with E-state index in [2.05, 4.69) is 61.0 Å². The van der Waals surface area contributed by atoms with Crippen LogP contribution >= 0.6 is 0 Å². The summed E-state index contributed by atoms with van der Waals surface area (Å²) in [6, 6.07) is 20.0. The van der Waals surface area contributed by atoms with Crippen molar-refractivity contribution in [1.29, 1.82) is 0 Å². The lowest BCUT2D eigenvalue weighted by atomic mass is 10.1. The second-order valence-electron chi connectivity index (χ2n) is 7.36. The van der Waals surface area contributed by atoms with Crippen LogP contribution in [0.25, 0.3) is 0 Å². The van der Waals surface area contributed by atoms with Gasteiger partial charge in [0.2, 0.25) is 0 Å². The lowest BCUT2D eigenvalue weighted by Crippen LogP contribution is -2.32. The summed E-state index contributed by atoms with van der Waals surface area (Å²) < 4.78 is 7.45. The first-order chi connectivity index (χ1) is 14.1. The number of aromatic nitrogens is 1. The van der Waals surface area contributed by atoms with E-state index >= 15 is 0 Å². The first-order valence-electron chi connectivity index (χ1n) is 10.2. The Bertz CT molecular complexity index is 928. The average molecular weight is 391 g/mol. The highest BCUT2D eigenvalue weighted by Crippen LogP contribution is 2.17. The fourth-order valence-corrected chi connectivity index (χ4v) is 3.43. The van der Waals surface area contributed by atoms with E-state index in [0.29, 0.717) is 12.1 Å². The Morgan fingerprint density at radius 1 is 1.03 bits per heavy atom. The zero-order valence-electron chi connectivity index (χ0n) is 17.6. The van der Waals surface area contributed by atoms with Gasteiger partial charge in [0.25, 0.3) is 5.91 Å². The Labute approximate surface area is 173 Å². The van der Waals surface area contributed by atoms with Crippen molar-refractivity contribution in [2.24, 2.45) is 0 Å². The minimum absolute atomic E-state index is 0.0599. The molecule has 0 fully saturated rings. The third-order valence-electron chi connectivity index (χ3n) is 5.28. The molecule has 4 nitrogen and oxygen atoms in total. The molecule has 0 spiro atoms. The van der Waals surface area contributed by atoms with Crippen molar-refractivity contribution in [2.45, 2.75) is 39.8 Å². The van der Waals surface area contributed by atoms with E-state index in [1.165, 1.54) is 11.1 Å². The number of hydrogen-bond donors (Lipinski definition) is 0. The number of hydrogen-bond acceptors (Lipinski definition) is 2. The zero-order chi connectivity index (χ0) is 20.6. The fourth-order valence-electron chi connectivity index (χ4n) is 3.43. The maximum Gasteiger partial charge on any atom is 0.254 e. The first-order valence-corrected chi connectivity index (χ1v) is 10.2. The normalized spacial score (nSPS) is 10.7. The summed E-state index contributed by atoms with van der Waals surface area (Å²) in [5.41, 5.74) is 4.42. The van der Waals surface area contributed by atoms with Crippen LogP contribution in [-0.2, 0) is 13.1 Å². The number of aryl methyl sites for hydroxylation is 1. The molecule has 152 valence electrons. The third-order valence-corrected chi connectivity index (χ3v) is 5.28. The van der Waals surface area contributed by atoms with Crippen LogP contribution < -0.4 is 4.74 Å². The highest BCUT2D eigenvalue weighted by Gasteiger charge is 2.17. The van der Waals surface area contributed by atoms with Crippen molar-refractivity contribution in [3.05, 3.63) is 89.2 Å². The summed E-state index contributed by atoms with van der Waals surface area (Å²) in [7, 11) is 1.63. The number of rotatable bonds is 9. The average Bonchev–Trinajstić information content (AvgIpc) is 3.19.